The quantitative estimate of drug-likeness (QED) is 0.930. The average Bonchev–Trinajstić information content (AvgIpc) is 2.41. The van der Waals surface area contributed by atoms with Gasteiger partial charge in [-0.3, -0.25) is 0 Å². The van der Waals surface area contributed by atoms with E-state index in [0.29, 0.717) is 6.54 Å². The molecule has 0 saturated carbocycles. The van der Waals surface area contributed by atoms with Gasteiger partial charge >= 0.3 is 0 Å². The van der Waals surface area contributed by atoms with Crippen molar-refractivity contribution in [2.45, 2.75) is 40.0 Å². The van der Waals surface area contributed by atoms with Crippen LogP contribution in [-0.2, 0) is 5.41 Å². The summed E-state index contributed by atoms with van der Waals surface area (Å²) in [4.78, 5) is 9.28. The SMILES string of the molecule is Cc1cc(-c2ccc(C)c(C)c2)nc(C(C)(C)CN)n1. The van der Waals surface area contributed by atoms with Gasteiger partial charge in [0.1, 0.15) is 5.82 Å². The summed E-state index contributed by atoms with van der Waals surface area (Å²) in [5.74, 6) is 0.813. The van der Waals surface area contributed by atoms with Crippen LogP contribution in [0.3, 0.4) is 0 Å². The van der Waals surface area contributed by atoms with Gasteiger partial charge in [-0.25, -0.2) is 9.97 Å². The van der Waals surface area contributed by atoms with Crippen molar-refractivity contribution in [1.82, 2.24) is 9.97 Å². The summed E-state index contributed by atoms with van der Waals surface area (Å²) in [5.41, 5.74) is 11.3. The molecule has 0 spiro atoms. The van der Waals surface area contributed by atoms with E-state index in [-0.39, 0.29) is 5.41 Å². The van der Waals surface area contributed by atoms with Crippen LogP contribution >= 0.6 is 0 Å². The van der Waals surface area contributed by atoms with Crippen LogP contribution in [0.5, 0.6) is 0 Å². The molecule has 0 saturated heterocycles. The van der Waals surface area contributed by atoms with Crippen molar-refractivity contribution in [1.29, 1.82) is 0 Å². The summed E-state index contributed by atoms with van der Waals surface area (Å²) < 4.78 is 0. The number of aryl methyl sites for hydroxylation is 3. The molecule has 0 radical (unpaired) electrons. The molecule has 0 aliphatic heterocycles. The Morgan fingerprint density at radius 3 is 2.30 bits per heavy atom. The fourth-order valence-corrected chi connectivity index (χ4v) is 2.01. The maximum absolute atomic E-state index is 5.84. The minimum atomic E-state index is -0.208. The number of benzene rings is 1. The van der Waals surface area contributed by atoms with E-state index in [1.54, 1.807) is 0 Å². The van der Waals surface area contributed by atoms with Crippen LogP contribution in [-0.4, -0.2) is 16.5 Å². The van der Waals surface area contributed by atoms with E-state index >= 15 is 0 Å². The third kappa shape index (κ3) is 2.88. The van der Waals surface area contributed by atoms with Crippen molar-refractivity contribution in [3.63, 3.8) is 0 Å². The molecule has 0 amide bonds. The lowest BCUT2D eigenvalue weighted by Gasteiger charge is -2.21. The highest BCUT2D eigenvalue weighted by molar-refractivity contribution is 5.61. The fourth-order valence-electron chi connectivity index (χ4n) is 2.01. The zero-order valence-corrected chi connectivity index (χ0v) is 13.0. The number of nitrogens with zero attached hydrogens (tertiary/aromatic N) is 2. The largest absolute Gasteiger partial charge is 0.329 e. The van der Waals surface area contributed by atoms with Crippen LogP contribution in [0.2, 0.25) is 0 Å². The highest BCUT2D eigenvalue weighted by Gasteiger charge is 2.23. The lowest BCUT2D eigenvalue weighted by atomic mass is 9.92. The molecule has 2 aromatic rings. The van der Waals surface area contributed by atoms with Gasteiger partial charge < -0.3 is 5.73 Å². The van der Waals surface area contributed by atoms with E-state index in [2.05, 4.69) is 50.9 Å². The number of rotatable bonds is 3. The Labute approximate surface area is 121 Å². The summed E-state index contributed by atoms with van der Waals surface area (Å²) in [7, 11) is 0. The summed E-state index contributed by atoms with van der Waals surface area (Å²) >= 11 is 0. The van der Waals surface area contributed by atoms with Crippen LogP contribution in [0, 0.1) is 20.8 Å². The van der Waals surface area contributed by atoms with Gasteiger partial charge in [-0.05, 0) is 44.0 Å². The Balaban J connectivity index is 2.55. The number of nitrogens with two attached hydrogens (primary N) is 1. The van der Waals surface area contributed by atoms with Crippen molar-refractivity contribution in [2.75, 3.05) is 6.54 Å². The molecule has 0 fully saturated rings. The first-order valence-corrected chi connectivity index (χ1v) is 6.97. The van der Waals surface area contributed by atoms with Crippen molar-refractivity contribution >= 4 is 0 Å². The van der Waals surface area contributed by atoms with Crippen LogP contribution in [0.1, 0.15) is 36.5 Å². The Morgan fingerprint density at radius 2 is 1.70 bits per heavy atom. The first kappa shape index (κ1) is 14.7. The molecule has 20 heavy (non-hydrogen) atoms. The van der Waals surface area contributed by atoms with Crippen molar-refractivity contribution in [3.05, 3.63) is 46.9 Å². The molecule has 2 N–H and O–H groups in total. The molecule has 1 aromatic carbocycles. The minimum Gasteiger partial charge on any atom is -0.329 e. The molecule has 0 bridgehead atoms. The van der Waals surface area contributed by atoms with Gasteiger partial charge in [0.05, 0.1) is 5.69 Å². The predicted molar refractivity (Wildman–Crippen MR) is 83.8 cm³/mol. The second-order valence-corrected chi connectivity index (χ2v) is 6.11. The third-order valence-corrected chi connectivity index (χ3v) is 3.77. The first-order valence-electron chi connectivity index (χ1n) is 6.97. The highest BCUT2D eigenvalue weighted by atomic mass is 14.9. The van der Waals surface area contributed by atoms with E-state index in [0.717, 1.165) is 22.8 Å². The van der Waals surface area contributed by atoms with Crippen molar-refractivity contribution in [2.24, 2.45) is 5.73 Å². The molecule has 0 unspecified atom stereocenters. The Kier molecular flexibility index (Phi) is 3.91. The molecule has 0 aliphatic carbocycles. The first-order chi connectivity index (χ1) is 9.33. The van der Waals surface area contributed by atoms with E-state index in [1.165, 1.54) is 11.1 Å². The molecule has 3 nitrogen and oxygen atoms in total. The molecular formula is C17H23N3. The number of hydrogen-bond acceptors (Lipinski definition) is 3. The van der Waals surface area contributed by atoms with E-state index in [1.807, 2.05) is 13.0 Å². The second-order valence-electron chi connectivity index (χ2n) is 6.11. The van der Waals surface area contributed by atoms with Crippen LogP contribution in [0.15, 0.2) is 24.3 Å². The molecule has 106 valence electrons. The Hall–Kier alpha value is -1.74. The topological polar surface area (TPSA) is 51.8 Å². The van der Waals surface area contributed by atoms with Gasteiger partial charge in [0, 0.05) is 23.2 Å². The van der Waals surface area contributed by atoms with Crippen LogP contribution < -0.4 is 5.73 Å². The molecule has 3 heteroatoms. The monoisotopic (exact) mass is 269 g/mol. The normalized spacial score (nSPS) is 11.7. The fraction of sp³-hybridized carbons (Fsp3) is 0.412. The molecule has 2 rings (SSSR count). The summed E-state index contributed by atoms with van der Waals surface area (Å²) in [5, 5.41) is 0. The van der Waals surface area contributed by atoms with Crippen LogP contribution in [0.25, 0.3) is 11.3 Å². The lowest BCUT2D eigenvalue weighted by Crippen LogP contribution is -2.30. The Morgan fingerprint density at radius 1 is 1.00 bits per heavy atom. The van der Waals surface area contributed by atoms with Gasteiger partial charge in [0.15, 0.2) is 0 Å². The summed E-state index contributed by atoms with van der Waals surface area (Å²) in [6.07, 6.45) is 0. The van der Waals surface area contributed by atoms with Gasteiger partial charge in [0.25, 0.3) is 0 Å². The van der Waals surface area contributed by atoms with Gasteiger partial charge in [-0.2, -0.15) is 0 Å². The zero-order chi connectivity index (χ0) is 14.9. The maximum atomic E-state index is 5.84. The van der Waals surface area contributed by atoms with E-state index in [9.17, 15) is 0 Å². The second kappa shape index (κ2) is 5.33. The van der Waals surface area contributed by atoms with Crippen LogP contribution in [0.4, 0.5) is 0 Å². The smallest absolute Gasteiger partial charge is 0.136 e. The van der Waals surface area contributed by atoms with Gasteiger partial charge in [-0.15, -0.1) is 0 Å². The lowest BCUT2D eigenvalue weighted by molar-refractivity contribution is 0.501. The summed E-state index contributed by atoms with van der Waals surface area (Å²) in [6.45, 7) is 10.9. The third-order valence-electron chi connectivity index (χ3n) is 3.77. The predicted octanol–water partition coefficient (Wildman–Crippen LogP) is 3.31. The summed E-state index contributed by atoms with van der Waals surface area (Å²) in [6, 6.07) is 8.45. The number of aromatic nitrogens is 2. The molecular weight excluding hydrogens is 246 g/mol. The average molecular weight is 269 g/mol. The van der Waals surface area contributed by atoms with E-state index < -0.39 is 0 Å². The molecule has 1 aromatic heterocycles. The van der Waals surface area contributed by atoms with Gasteiger partial charge in [-0.1, -0.05) is 26.0 Å². The molecule has 0 aliphatic rings. The highest BCUT2D eigenvalue weighted by Crippen LogP contribution is 2.24. The van der Waals surface area contributed by atoms with Crippen molar-refractivity contribution < 1.29 is 0 Å². The molecule has 1 heterocycles. The molecule has 0 atom stereocenters. The maximum Gasteiger partial charge on any atom is 0.136 e. The van der Waals surface area contributed by atoms with Crippen molar-refractivity contribution in [3.8, 4) is 11.3 Å². The Bertz CT molecular complexity index is 630. The minimum absolute atomic E-state index is 0.208. The standard InChI is InChI=1S/C17H23N3/c1-11-6-7-14(8-12(11)2)15-9-13(3)19-16(20-15)17(4,5)10-18/h6-9H,10,18H2,1-5H3. The number of hydrogen-bond donors (Lipinski definition) is 1. The van der Waals surface area contributed by atoms with Gasteiger partial charge in [0.2, 0.25) is 0 Å². The zero-order valence-electron chi connectivity index (χ0n) is 13.0. The van der Waals surface area contributed by atoms with E-state index in [4.69, 9.17) is 10.7 Å².